The van der Waals surface area contributed by atoms with Crippen LogP contribution in [0.5, 0.6) is 0 Å². The SMILES string of the molecule is CC(C#N)CNC(=O)c1ccc(N(C)C)cc1. The first-order valence-electron chi connectivity index (χ1n) is 5.49. The lowest BCUT2D eigenvalue weighted by Gasteiger charge is -2.12. The zero-order valence-corrected chi connectivity index (χ0v) is 10.4. The molecule has 0 radical (unpaired) electrons. The second-order valence-corrected chi connectivity index (χ2v) is 4.18. The molecule has 17 heavy (non-hydrogen) atoms. The molecule has 90 valence electrons. The predicted molar refractivity (Wildman–Crippen MR) is 67.9 cm³/mol. The van der Waals surface area contributed by atoms with Gasteiger partial charge in [-0.05, 0) is 31.2 Å². The summed E-state index contributed by atoms with van der Waals surface area (Å²) in [7, 11) is 3.90. The van der Waals surface area contributed by atoms with Gasteiger partial charge in [0.1, 0.15) is 0 Å². The van der Waals surface area contributed by atoms with E-state index < -0.39 is 0 Å². The second-order valence-electron chi connectivity index (χ2n) is 4.18. The van der Waals surface area contributed by atoms with Crippen molar-refractivity contribution in [2.24, 2.45) is 5.92 Å². The molecule has 0 heterocycles. The number of nitriles is 1. The van der Waals surface area contributed by atoms with Gasteiger partial charge in [-0.1, -0.05) is 0 Å². The molecule has 1 amide bonds. The average molecular weight is 231 g/mol. The molecular weight excluding hydrogens is 214 g/mol. The Labute approximate surface area is 102 Å². The van der Waals surface area contributed by atoms with Crippen LogP contribution in [0.4, 0.5) is 5.69 Å². The molecule has 0 aromatic heterocycles. The van der Waals surface area contributed by atoms with Gasteiger partial charge in [-0.25, -0.2) is 0 Å². The Morgan fingerprint density at radius 3 is 2.47 bits per heavy atom. The van der Waals surface area contributed by atoms with Gasteiger partial charge in [0.25, 0.3) is 5.91 Å². The van der Waals surface area contributed by atoms with E-state index in [1.54, 1.807) is 19.1 Å². The van der Waals surface area contributed by atoms with Crippen molar-refractivity contribution in [1.29, 1.82) is 5.26 Å². The Bertz CT molecular complexity index is 417. The van der Waals surface area contributed by atoms with Crippen LogP contribution in [0.25, 0.3) is 0 Å². The quantitative estimate of drug-likeness (QED) is 0.857. The van der Waals surface area contributed by atoms with Gasteiger partial charge in [0.2, 0.25) is 0 Å². The van der Waals surface area contributed by atoms with Crippen molar-refractivity contribution >= 4 is 11.6 Å². The van der Waals surface area contributed by atoms with Crippen molar-refractivity contribution in [3.05, 3.63) is 29.8 Å². The summed E-state index contributed by atoms with van der Waals surface area (Å²) < 4.78 is 0. The van der Waals surface area contributed by atoms with Crippen LogP contribution in [-0.4, -0.2) is 26.5 Å². The summed E-state index contributed by atoms with van der Waals surface area (Å²) in [5.74, 6) is -0.308. The van der Waals surface area contributed by atoms with Gasteiger partial charge in [0, 0.05) is 31.9 Å². The smallest absolute Gasteiger partial charge is 0.251 e. The molecule has 0 aliphatic carbocycles. The summed E-state index contributed by atoms with van der Waals surface area (Å²) in [6, 6.07) is 9.42. The maximum absolute atomic E-state index is 11.7. The molecule has 0 bridgehead atoms. The fraction of sp³-hybridized carbons (Fsp3) is 0.385. The molecule has 0 aliphatic rings. The van der Waals surface area contributed by atoms with E-state index in [0.717, 1.165) is 5.69 Å². The first-order chi connectivity index (χ1) is 8.04. The Morgan fingerprint density at radius 2 is 2.00 bits per heavy atom. The van der Waals surface area contributed by atoms with Crippen molar-refractivity contribution < 1.29 is 4.79 Å². The molecule has 0 spiro atoms. The molecule has 1 atom stereocenters. The molecule has 0 fully saturated rings. The molecule has 4 nitrogen and oxygen atoms in total. The van der Waals surface area contributed by atoms with Crippen LogP contribution in [0.3, 0.4) is 0 Å². The van der Waals surface area contributed by atoms with Gasteiger partial charge in [0.05, 0.1) is 12.0 Å². The minimum absolute atomic E-state index is 0.141. The highest BCUT2D eigenvalue weighted by Crippen LogP contribution is 2.12. The van der Waals surface area contributed by atoms with Crippen LogP contribution in [0, 0.1) is 17.2 Å². The van der Waals surface area contributed by atoms with E-state index in [-0.39, 0.29) is 11.8 Å². The highest BCUT2D eigenvalue weighted by Gasteiger charge is 2.07. The Kier molecular flexibility index (Phi) is 4.53. The number of hydrogen-bond donors (Lipinski definition) is 1. The highest BCUT2D eigenvalue weighted by atomic mass is 16.1. The summed E-state index contributed by atoms with van der Waals surface area (Å²) in [6.07, 6.45) is 0. The lowest BCUT2D eigenvalue weighted by Crippen LogP contribution is -2.27. The van der Waals surface area contributed by atoms with Crippen LogP contribution in [0.15, 0.2) is 24.3 Å². The van der Waals surface area contributed by atoms with Crippen molar-refractivity contribution in [2.75, 3.05) is 25.5 Å². The fourth-order valence-corrected chi connectivity index (χ4v) is 1.30. The fourth-order valence-electron chi connectivity index (χ4n) is 1.30. The van der Waals surface area contributed by atoms with Gasteiger partial charge in [-0.3, -0.25) is 4.79 Å². The molecule has 1 rings (SSSR count). The first kappa shape index (κ1) is 13.0. The Hall–Kier alpha value is -2.02. The van der Waals surface area contributed by atoms with E-state index in [9.17, 15) is 4.79 Å². The largest absolute Gasteiger partial charge is 0.378 e. The monoisotopic (exact) mass is 231 g/mol. The standard InChI is InChI=1S/C13H17N3O/c1-10(8-14)9-15-13(17)11-4-6-12(7-5-11)16(2)3/h4-7,10H,9H2,1-3H3,(H,15,17). The lowest BCUT2D eigenvalue weighted by molar-refractivity contribution is 0.0951. The maximum atomic E-state index is 11.7. The Morgan fingerprint density at radius 1 is 1.41 bits per heavy atom. The number of nitrogens with zero attached hydrogens (tertiary/aromatic N) is 2. The van der Waals surface area contributed by atoms with Gasteiger partial charge in [-0.15, -0.1) is 0 Å². The minimum Gasteiger partial charge on any atom is -0.378 e. The van der Waals surface area contributed by atoms with Crippen molar-refractivity contribution in [2.45, 2.75) is 6.92 Å². The zero-order valence-electron chi connectivity index (χ0n) is 10.4. The van der Waals surface area contributed by atoms with Crippen LogP contribution in [-0.2, 0) is 0 Å². The third kappa shape index (κ3) is 3.80. The molecule has 0 saturated carbocycles. The van der Waals surface area contributed by atoms with Crippen molar-refractivity contribution in [3.63, 3.8) is 0 Å². The molecule has 1 N–H and O–H groups in total. The lowest BCUT2D eigenvalue weighted by atomic mass is 10.1. The third-order valence-electron chi connectivity index (χ3n) is 2.44. The molecular formula is C13H17N3O. The summed E-state index contributed by atoms with van der Waals surface area (Å²) in [6.45, 7) is 2.15. The van der Waals surface area contributed by atoms with Crippen molar-refractivity contribution in [1.82, 2.24) is 5.32 Å². The Balaban J connectivity index is 2.61. The number of rotatable bonds is 4. The van der Waals surface area contributed by atoms with Gasteiger partial charge < -0.3 is 10.2 Å². The maximum Gasteiger partial charge on any atom is 0.251 e. The van der Waals surface area contributed by atoms with E-state index in [0.29, 0.717) is 12.1 Å². The number of anilines is 1. The summed E-state index contributed by atoms with van der Waals surface area (Å²) in [5.41, 5.74) is 1.66. The normalized spacial score (nSPS) is 11.4. The number of hydrogen-bond acceptors (Lipinski definition) is 3. The molecule has 0 saturated heterocycles. The van der Waals surface area contributed by atoms with Crippen LogP contribution >= 0.6 is 0 Å². The van der Waals surface area contributed by atoms with Gasteiger partial charge in [-0.2, -0.15) is 5.26 Å². The molecule has 4 heteroatoms. The number of carbonyl (C=O) groups excluding carboxylic acids is 1. The van der Waals surface area contributed by atoms with Gasteiger partial charge in [0.15, 0.2) is 0 Å². The first-order valence-corrected chi connectivity index (χ1v) is 5.49. The molecule has 1 aromatic rings. The number of amides is 1. The second kappa shape index (κ2) is 5.90. The summed E-state index contributed by atoms with van der Waals surface area (Å²) >= 11 is 0. The predicted octanol–water partition coefficient (Wildman–Crippen LogP) is 1.64. The van der Waals surface area contributed by atoms with E-state index in [1.807, 2.05) is 31.1 Å². The van der Waals surface area contributed by atoms with Crippen LogP contribution < -0.4 is 10.2 Å². The number of nitrogens with one attached hydrogen (secondary N) is 1. The minimum atomic E-state index is -0.167. The van der Waals surface area contributed by atoms with E-state index in [1.165, 1.54) is 0 Å². The average Bonchev–Trinajstić information content (AvgIpc) is 2.35. The van der Waals surface area contributed by atoms with Crippen LogP contribution in [0.2, 0.25) is 0 Å². The third-order valence-corrected chi connectivity index (χ3v) is 2.44. The highest BCUT2D eigenvalue weighted by molar-refractivity contribution is 5.94. The number of carbonyl (C=O) groups is 1. The number of benzene rings is 1. The van der Waals surface area contributed by atoms with Gasteiger partial charge >= 0.3 is 0 Å². The zero-order chi connectivity index (χ0) is 12.8. The van der Waals surface area contributed by atoms with Crippen LogP contribution in [0.1, 0.15) is 17.3 Å². The molecule has 1 aromatic carbocycles. The molecule has 0 aliphatic heterocycles. The summed E-state index contributed by atoms with van der Waals surface area (Å²) in [5, 5.41) is 11.3. The topological polar surface area (TPSA) is 56.1 Å². The molecule has 1 unspecified atom stereocenters. The van der Waals surface area contributed by atoms with E-state index in [4.69, 9.17) is 5.26 Å². The summed E-state index contributed by atoms with van der Waals surface area (Å²) in [4.78, 5) is 13.7. The van der Waals surface area contributed by atoms with E-state index >= 15 is 0 Å². The van der Waals surface area contributed by atoms with E-state index in [2.05, 4.69) is 11.4 Å². The van der Waals surface area contributed by atoms with Crippen molar-refractivity contribution in [3.8, 4) is 6.07 Å².